The number of aromatic nitrogens is 1. The van der Waals surface area contributed by atoms with Gasteiger partial charge in [0, 0.05) is 11.4 Å². The molecule has 1 saturated carbocycles. The predicted molar refractivity (Wildman–Crippen MR) is 58.6 cm³/mol. The fourth-order valence-corrected chi connectivity index (χ4v) is 1.85. The van der Waals surface area contributed by atoms with Gasteiger partial charge in [-0.25, -0.2) is 9.78 Å². The Bertz CT molecular complexity index is 414. The van der Waals surface area contributed by atoms with E-state index in [9.17, 15) is 9.59 Å². The Morgan fingerprint density at radius 1 is 1.56 bits per heavy atom. The van der Waals surface area contributed by atoms with Crippen molar-refractivity contribution in [2.24, 2.45) is 0 Å². The second-order valence-corrected chi connectivity index (χ2v) is 4.45. The standard InChI is InChI=1S/C9H11N3O3S/c13-7(14)3-6-4-16-9(11-6)12-8(15)10-5-1-2-5/h4-5H,1-3H2,(H,13,14)(H2,10,11,12,15). The van der Waals surface area contributed by atoms with Crippen molar-refractivity contribution in [1.82, 2.24) is 10.3 Å². The van der Waals surface area contributed by atoms with Gasteiger partial charge < -0.3 is 10.4 Å². The third kappa shape index (κ3) is 3.20. The lowest BCUT2D eigenvalue weighted by Crippen LogP contribution is -2.30. The Morgan fingerprint density at radius 3 is 2.94 bits per heavy atom. The monoisotopic (exact) mass is 241 g/mol. The van der Waals surface area contributed by atoms with Crippen LogP contribution in [0.2, 0.25) is 0 Å². The smallest absolute Gasteiger partial charge is 0.321 e. The largest absolute Gasteiger partial charge is 0.481 e. The average molecular weight is 241 g/mol. The molecule has 0 bridgehead atoms. The third-order valence-corrected chi connectivity index (χ3v) is 2.82. The van der Waals surface area contributed by atoms with Gasteiger partial charge in [-0.3, -0.25) is 10.1 Å². The van der Waals surface area contributed by atoms with Crippen molar-refractivity contribution in [1.29, 1.82) is 0 Å². The second-order valence-electron chi connectivity index (χ2n) is 3.59. The van der Waals surface area contributed by atoms with Gasteiger partial charge >= 0.3 is 12.0 Å². The van der Waals surface area contributed by atoms with Gasteiger partial charge in [-0.2, -0.15) is 0 Å². The first-order valence-corrected chi connectivity index (χ1v) is 5.75. The maximum absolute atomic E-state index is 11.3. The first-order valence-electron chi connectivity index (χ1n) is 4.87. The van der Waals surface area contributed by atoms with Gasteiger partial charge in [-0.1, -0.05) is 0 Å². The normalized spacial score (nSPS) is 14.5. The predicted octanol–water partition coefficient (Wildman–Crippen LogP) is 1.05. The van der Waals surface area contributed by atoms with Crippen molar-refractivity contribution in [2.75, 3.05) is 5.32 Å². The quantitative estimate of drug-likeness (QED) is 0.734. The molecule has 0 atom stereocenters. The number of nitrogens with one attached hydrogen (secondary N) is 2. The van der Waals surface area contributed by atoms with Crippen molar-refractivity contribution < 1.29 is 14.7 Å². The fraction of sp³-hybridized carbons (Fsp3) is 0.444. The molecular weight excluding hydrogens is 230 g/mol. The minimum absolute atomic E-state index is 0.123. The summed E-state index contributed by atoms with van der Waals surface area (Å²) in [5.41, 5.74) is 0.458. The maximum Gasteiger partial charge on any atom is 0.321 e. The van der Waals surface area contributed by atoms with Crippen LogP contribution in [0.1, 0.15) is 18.5 Å². The van der Waals surface area contributed by atoms with Crippen LogP contribution >= 0.6 is 11.3 Å². The SMILES string of the molecule is O=C(O)Cc1csc(NC(=O)NC2CC2)n1. The molecule has 0 aromatic carbocycles. The molecule has 1 aliphatic rings. The van der Waals surface area contributed by atoms with Gasteiger partial charge in [0.05, 0.1) is 12.1 Å². The van der Waals surface area contributed by atoms with Crippen molar-refractivity contribution in [3.63, 3.8) is 0 Å². The highest BCUT2D eigenvalue weighted by Gasteiger charge is 2.23. The number of hydrogen-bond donors (Lipinski definition) is 3. The number of anilines is 1. The van der Waals surface area contributed by atoms with Crippen LogP contribution in [0, 0.1) is 0 Å². The minimum Gasteiger partial charge on any atom is -0.481 e. The Kier molecular flexibility index (Phi) is 3.04. The van der Waals surface area contributed by atoms with E-state index in [0.29, 0.717) is 16.9 Å². The zero-order chi connectivity index (χ0) is 11.5. The molecule has 3 N–H and O–H groups in total. The summed E-state index contributed by atoms with van der Waals surface area (Å²) in [6, 6.07) is 0.0113. The van der Waals surface area contributed by atoms with Crippen LogP contribution in [-0.2, 0) is 11.2 Å². The number of hydrogen-bond acceptors (Lipinski definition) is 4. The molecule has 1 aliphatic carbocycles. The molecule has 0 radical (unpaired) electrons. The summed E-state index contributed by atoms with van der Waals surface area (Å²) in [7, 11) is 0. The summed E-state index contributed by atoms with van der Waals surface area (Å²) in [4.78, 5) is 25.7. The zero-order valence-electron chi connectivity index (χ0n) is 8.40. The Morgan fingerprint density at radius 2 is 2.31 bits per heavy atom. The molecule has 1 heterocycles. The molecule has 0 unspecified atom stereocenters. The van der Waals surface area contributed by atoms with Crippen molar-refractivity contribution in [3.8, 4) is 0 Å². The van der Waals surface area contributed by atoms with E-state index in [2.05, 4.69) is 15.6 Å². The van der Waals surface area contributed by atoms with Crippen LogP contribution in [0.25, 0.3) is 0 Å². The summed E-state index contributed by atoms with van der Waals surface area (Å²) in [5.74, 6) is -0.931. The summed E-state index contributed by atoms with van der Waals surface area (Å²) in [5, 5.41) is 15.9. The number of urea groups is 1. The molecule has 16 heavy (non-hydrogen) atoms. The number of carbonyl (C=O) groups excluding carboxylic acids is 1. The molecule has 7 heteroatoms. The van der Waals surface area contributed by atoms with E-state index in [1.165, 1.54) is 11.3 Å². The van der Waals surface area contributed by atoms with Gasteiger partial charge in [-0.15, -0.1) is 11.3 Å². The minimum atomic E-state index is -0.931. The van der Waals surface area contributed by atoms with Crippen molar-refractivity contribution in [2.45, 2.75) is 25.3 Å². The highest BCUT2D eigenvalue weighted by molar-refractivity contribution is 7.13. The molecule has 6 nitrogen and oxygen atoms in total. The fourth-order valence-electron chi connectivity index (χ4n) is 1.15. The zero-order valence-corrected chi connectivity index (χ0v) is 9.21. The molecule has 0 saturated heterocycles. The van der Waals surface area contributed by atoms with Gasteiger partial charge in [0.25, 0.3) is 0 Å². The number of carbonyl (C=O) groups is 2. The molecular formula is C9H11N3O3S. The first-order chi connectivity index (χ1) is 7.63. The van der Waals surface area contributed by atoms with E-state index in [1.807, 2.05) is 0 Å². The lowest BCUT2D eigenvalue weighted by molar-refractivity contribution is -0.136. The van der Waals surface area contributed by atoms with Crippen LogP contribution in [-0.4, -0.2) is 28.1 Å². The number of carboxylic acids is 1. The van der Waals surface area contributed by atoms with Crippen LogP contribution < -0.4 is 10.6 Å². The second kappa shape index (κ2) is 4.48. The molecule has 1 aromatic heterocycles. The van der Waals surface area contributed by atoms with Crippen LogP contribution in [0.4, 0.5) is 9.93 Å². The first kappa shape index (κ1) is 10.9. The Hall–Kier alpha value is -1.63. The van der Waals surface area contributed by atoms with Gasteiger partial charge in [0.2, 0.25) is 0 Å². The highest BCUT2D eigenvalue weighted by Crippen LogP contribution is 2.19. The average Bonchev–Trinajstić information content (AvgIpc) is 2.87. The highest BCUT2D eigenvalue weighted by atomic mass is 32.1. The van der Waals surface area contributed by atoms with E-state index >= 15 is 0 Å². The molecule has 1 aromatic rings. The summed E-state index contributed by atoms with van der Waals surface area (Å²) >= 11 is 1.22. The third-order valence-electron chi connectivity index (χ3n) is 2.02. The molecule has 2 amide bonds. The Labute approximate surface area is 95.7 Å². The number of nitrogens with zero attached hydrogens (tertiary/aromatic N) is 1. The van der Waals surface area contributed by atoms with E-state index in [0.717, 1.165) is 12.8 Å². The molecule has 86 valence electrons. The molecule has 2 rings (SSSR count). The maximum atomic E-state index is 11.3. The molecule has 0 spiro atoms. The molecule has 0 aliphatic heterocycles. The molecule has 1 fully saturated rings. The van der Waals surface area contributed by atoms with Crippen molar-refractivity contribution in [3.05, 3.63) is 11.1 Å². The lowest BCUT2D eigenvalue weighted by Gasteiger charge is -2.02. The van der Waals surface area contributed by atoms with E-state index < -0.39 is 5.97 Å². The summed E-state index contributed by atoms with van der Waals surface area (Å²) in [6.07, 6.45) is 1.92. The van der Waals surface area contributed by atoms with Crippen LogP contribution in [0.15, 0.2) is 5.38 Å². The van der Waals surface area contributed by atoms with Gasteiger partial charge in [0.1, 0.15) is 0 Å². The number of aliphatic carboxylic acids is 1. The number of thiazole rings is 1. The van der Waals surface area contributed by atoms with Gasteiger partial charge in [-0.05, 0) is 12.8 Å². The number of carboxylic acid groups (broad SMARTS) is 1. The van der Waals surface area contributed by atoms with Crippen LogP contribution in [0.5, 0.6) is 0 Å². The Balaban J connectivity index is 1.86. The van der Waals surface area contributed by atoms with E-state index in [4.69, 9.17) is 5.11 Å². The lowest BCUT2D eigenvalue weighted by atomic mass is 10.3. The summed E-state index contributed by atoms with van der Waals surface area (Å²) < 4.78 is 0. The van der Waals surface area contributed by atoms with Crippen LogP contribution in [0.3, 0.4) is 0 Å². The van der Waals surface area contributed by atoms with E-state index in [1.54, 1.807) is 5.38 Å². The van der Waals surface area contributed by atoms with Gasteiger partial charge in [0.15, 0.2) is 5.13 Å². The van der Waals surface area contributed by atoms with E-state index in [-0.39, 0.29) is 12.5 Å². The number of amides is 2. The topological polar surface area (TPSA) is 91.3 Å². The van der Waals surface area contributed by atoms with Crippen molar-refractivity contribution >= 4 is 28.5 Å². The number of rotatable bonds is 4. The summed E-state index contributed by atoms with van der Waals surface area (Å²) in [6.45, 7) is 0.